The van der Waals surface area contributed by atoms with Gasteiger partial charge in [0.25, 0.3) is 0 Å². The predicted molar refractivity (Wildman–Crippen MR) is 81.1 cm³/mol. The van der Waals surface area contributed by atoms with Crippen molar-refractivity contribution in [2.24, 2.45) is 11.3 Å². The third-order valence-corrected chi connectivity index (χ3v) is 4.45. The number of fused-ring (bicyclic) bond motifs is 1. The van der Waals surface area contributed by atoms with Crippen molar-refractivity contribution in [2.45, 2.75) is 33.6 Å². The quantitative estimate of drug-likeness (QED) is 0.820. The van der Waals surface area contributed by atoms with Crippen LogP contribution in [0.1, 0.15) is 33.6 Å². The van der Waals surface area contributed by atoms with Crippen LogP contribution in [-0.2, 0) is 0 Å². The van der Waals surface area contributed by atoms with Gasteiger partial charge in [0.15, 0.2) is 5.65 Å². The minimum absolute atomic E-state index is 0.273. The van der Waals surface area contributed by atoms with Crippen molar-refractivity contribution in [1.29, 1.82) is 0 Å². The molecule has 20 heavy (non-hydrogen) atoms. The molecule has 5 nitrogen and oxygen atoms in total. The number of piperidine rings is 1. The number of H-pyrrole nitrogens is 1. The van der Waals surface area contributed by atoms with Crippen LogP contribution in [0.15, 0.2) is 6.20 Å². The van der Waals surface area contributed by atoms with Gasteiger partial charge < -0.3 is 4.90 Å². The van der Waals surface area contributed by atoms with Gasteiger partial charge in [-0.3, -0.25) is 5.10 Å². The fourth-order valence-electron chi connectivity index (χ4n) is 2.99. The molecule has 2 aromatic heterocycles. The first-order valence-corrected chi connectivity index (χ1v) is 7.44. The van der Waals surface area contributed by atoms with Crippen molar-refractivity contribution in [3.8, 4) is 0 Å². The van der Waals surface area contributed by atoms with Crippen LogP contribution >= 0.6 is 11.6 Å². The maximum Gasteiger partial charge on any atom is 0.226 e. The summed E-state index contributed by atoms with van der Waals surface area (Å²) in [7, 11) is 0. The summed E-state index contributed by atoms with van der Waals surface area (Å²) in [5.74, 6) is 1.66. The van der Waals surface area contributed by atoms with E-state index in [2.05, 4.69) is 45.8 Å². The van der Waals surface area contributed by atoms with Crippen LogP contribution in [0, 0.1) is 11.3 Å². The van der Waals surface area contributed by atoms with Crippen LogP contribution in [0.5, 0.6) is 0 Å². The second-order valence-electron chi connectivity index (χ2n) is 6.58. The number of aromatic amines is 1. The van der Waals surface area contributed by atoms with E-state index in [1.165, 1.54) is 12.8 Å². The van der Waals surface area contributed by atoms with Crippen LogP contribution < -0.4 is 4.90 Å². The topological polar surface area (TPSA) is 57.7 Å². The van der Waals surface area contributed by atoms with E-state index in [1.807, 2.05) is 0 Å². The second kappa shape index (κ2) is 4.88. The molecule has 1 saturated heterocycles. The number of aromatic nitrogens is 4. The van der Waals surface area contributed by atoms with E-state index in [0.29, 0.717) is 11.1 Å². The summed E-state index contributed by atoms with van der Waals surface area (Å²) >= 11 is 6.00. The highest BCUT2D eigenvalue weighted by Gasteiger charge is 2.30. The van der Waals surface area contributed by atoms with E-state index in [4.69, 9.17) is 11.6 Å². The number of rotatable bonds is 1. The van der Waals surface area contributed by atoms with Crippen LogP contribution in [-0.4, -0.2) is 33.3 Å². The zero-order valence-electron chi connectivity index (χ0n) is 12.1. The number of anilines is 1. The van der Waals surface area contributed by atoms with Crippen molar-refractivity contribution in [1.82, 2.24) is 20.2 Å². The maximum atomic E-state index is 6.00. The molecule has 1 aliphatic rings. The smallest absolute Gasteiger partial charge is 0.226 e. The summed E-state index contributed by atoms with van der Waals surface area (Å²) in [5, 5.41) is 8.12. The predicted octanol–water partition coefficient (Wildman–Crippen LogP) is 3.27. The Morgan fingerprint density at radius 3 is 2.60 bits per heavy atom. The summed E-state index contributed by atoms with van der Waals surface area (Å²) in [6.45, 7) is 8.99. The summed E-state index contributed by atoms with van der Waals surface area (Å²) in [5.41, 5.74) is 1.08. The Kier molecular flexibility index (Phi) is 3.32. The van der Waals surface area contributed by atoms with Gasteiger partial charge >= 0.3 is 0 Å². The lowest BCUT2D eigenvalue weighted by Gasteiger charge is -2.39. The Bertz CT molecular complexity index is 608. The Hall–Kier alpha value is -1.36. The average Bonchev–Trinajstić information content (AvgIpc) is 2.85. The molecule has 3 heterocycles. The molecule has 1 aliphatic heterocycles. The molecule has 0 unspecified atom stereocenters. The second-order valence-corrected chi connectivity index (χ2v) is 6.91. The molecular formula is C14H20ClN5. The minimum atomic E-state index is 0.273. The summed E-state index contributed by atoms with van der Waals surface area (Å²) in [6.07, 6.45) is 4.14. The number of hydrogen-bond donors (Lipinski definition) is 1. The first-order chi connectivity index (χ1) is 9.45. The lowest BCUT2D eigenvalue weighted by molar-refractivity contribution is 0.199. The van der Waals surface area contributed by atoms with Gasteiger partial charge in [0.2, 0.25) is 5.28 Å². The highest BCUT2D eigenvalue weighted by molar-refractivity contribution is 6.28. The molecule has 6 heteroatoms. The van der Waals surface area contributed by atoms with Crippen molar-refractivity contribution < 1.29 is 0 Å². The van der Waals surface area contributed by atoms with Crippen LogP contribution in [0.3, 0.4) is 0 Å². The van der Waals surface area contributed by atoms with Gasteiger partial charge in [-0.05, 0) is 35.8 Å². The Morgan fingerprint density at radius 2 is 1.95 bits per heavy atom. The zero-order valence-corrected chi connectivity index (χ0v) is 12.9. The molecule has 2 aromatic rings. The van der Waals surface area contributed by atoms with Crippen molar-refractivity contribution in [3.63, 3.8) is 0 Å². The van der Waals surface area contributed by atoms with Gasteiger partial charge in [-0.15, -0.1) is 0 Å². The molecule has 0 atom stereocenters. The first-order valence-electron chi connectivity index (χ1n) is 7.07. The molecule has 0 saturated carbocycles. The standard InChI is InChI=1S/C14H20ClN5/c1-14(2,3)9-4-6-20(7-5-9)12-10-8-16-19-11(10)17-13(15)18-12/h8-9H,4-7H2,1-3H3,(H,16,17,18,19). The Balaban J connectivity index is 1.85. The van der Waals surface area contributed by atoms with Gasteiger partial charge in [-0.2, -0.15) is 15.1 Å². The largest absolute Gasteiger partial charge is 0.356 e. The molecule has 1 N–H and O–H groups in total. The number of nitrogens with one attached hydrogen (secondary N) is 1. The van der Waals surface area contributed by atoms with Crippen LogP contribution in [0.2, 0.25) is 5.28 Å². The molecule has 0 radical (unpaired) electrons. The van der Waals surface area contributed by atoms with Gasteiger partial charge in [-0.1, -0.05) is 20.8 Å². The third-order valence-electron chi connectivity index (χ3n) is 4.28. The monoisotopic (exact) mass is 293 g/mol. The van der Waals surface area contributed by atoms with E-state index in [9.17, 15) is 0 Å². The Labute approximate surface area is 123 Å². The molecular weight excluding hydrogens is 274 g/mol. The van der Waals surface area contributed by atoms with E-state index in [-0.39, 0.29) is 5.28 Å². The summed E-state index contributed by atoms with van der Waals surface area (Å²) in [6, 6.07) is 0. The van der Waals surface area contributed by atoms with E-state index in [1.54, 1.807) is 6.20 Å². The van der Waals surface area contributed by atoms with Gasteiger partial charge in [-0.25, -0.2) is 0 Å². The summed E-state index contributed by atoms with van der Waals surface area (Å²) in [4.78, 5) is 10.9. The molecule has 0 bridgehead atoms. The molecule has 3 rings (SSSR count). The Morgan fingerprint density at radius 1 is 1.25 bits per heavy atom. The lowest BCUT2D eigenvalue weighted by Crippen LogP contribution is -2.38. The highest BCUT2D eigenvalue weighted by Crippen LogP contribution is 2.36. The maximum absolute atomic E-state index is 6.00. The average molecular weight is 294 g/mol. The molecule has 0 spiro atoms. The van der Waals surface area contributed by atoms with E-state index in [0.717, 1.165) is 30.2 Å². The van der Waals surface area contributed by atoms with Gasteiger partial charge in [0.1, 0.15) is 5.82 Å². The van der Waals surface area contributed by atoms with Crippen molar-refractivity contribution in [2.75, 3.05) is 18.0 Å². The molecule has 1 fully saturated rings. The fraction of sp³-hybridized carbons (Fsp3) is 0.643. The van der Waals surface area contributed by atoms with E-state index < -0.39 is 0 Å². The van der Waals surface area contributed by atoms with Gasteiger partial charge in [0, 0.05) is 13.1 Å². The number of nitrogens with zero attached hydrogens (tertiary/aromatic N) is 4. The molecule has 108 valence electrons. The molecule has 0 amide bonds. The fourth-order valence-corrected chi connectivity index (χ4v) is 3.16. The zero-order chi connectivity index (χ0) is 14.3. The van der Waals surface area contributed by atoms with Gasteiger partial charge in [0.05, 0.1) is 11.6 Å². The normalized spacial score (nSPS) is 17.9. The SMILES string of the molecule is CC(C)(C)C1CCN(c2nc(Cl)nc3[nH]ncc23)CC1. The molecule has 0 aromatic carbocycles. The lowest BCUT2D eigenvalue weighted by atomic mass is 9.75. The van der Waals surface area contributed by atoms with Crippen LogP contribution in [0.25, 0.3) is 11.0 Å². The van der Waals surface area contributed by atoms with Crippen LogP contribution in [0.4, 0.5) is 5.82 Å². The number of halogens is 1. The van der Waals surface area contributed by atoms with Crippen molar-refractivity contribution >= 4 is 28.5 Å². The number of hydrogen-bond acceptors (Lipinski definition) is 4. The minimum Gasteiger partial charge on any atom is -0.356 e. The first kappa shape index (κ1) is 13.6. The summed E-state index contributed by atoms with van der Waals surface area (Å²) < 4.78 is 0. The van der Waals surface area contributed by atoms with Crippen molar-refractivity contribution in [3.05, 3.63) is 11.5 Å². The third kappa shape index (κ3) is 2.46. The highest BCUT2D eigenvalue weighted by atomic mass is 35.5. The molecule has 0 aliphatic carbocycles. The van der Waals surface area contributed by atoms with E-state index >= 15 is 0 Å².